The van der Waals surface area contributed by atoms with Gasteiger partial charge in [-0.2, -0.15) is 0 Å². The molecule has 0 aromatic rings. The summed E-state index contributed by atoms with van der Waals surface area (Å²) in [6, 6.07) is 0.871. The van der Waals surface area contributed by atoms with E-state index in [9.17, 15) is 0 Å². The summed E-state index contributed by atoms with van der Waals surface area (Å²) in [6.45, 7) is 0. The van der Waals surface area contributed by atoms with E-state index < -0.39 is 0 Å². The van der Waals surface area contributed by atoms with E-state index in [0.717, 1.165) is 22.6 Å². The molecule has 0 radical (unpaired) electrons. The van der Waals surface area contributed by atoms with E-state index >= 15 is 0 Å². The minimum Gasteiger partial charge on any atom is -0.301 e. The molecule has 1 aliphatic heterocycles. The van der Waals surface area contributed by atoms with Crippen LogP contribution in [0.4, 0.5) is 0 Å². The maximum atomic E-state index is 3.93. The Kier molecular flexibility index (Phi) is 3.25. The highest BCUT2D eigenvalue weighted by Crippen LogP contribution is 2.42. The lowest BCUT2D eigenvalue weighted by Gasteiger charge is -2.27. The van der Waals surface area contributed by atoms with E-state index in [1.165, 1.54) is 57.8 Å². The first-order valence-electron chi connectivity index (χ1n) is 6.85. The summed E-state index contributed by atoms with van der Waals surface area (Å²) in [6.07, 6.45) is 13.3. The zero-order valence-corrected chi connectivity index (χ0v) is 10.4. The van der Waals surface area contributed by atoms with Crippen LogP contribution < -0.4 is 5.32 Å². The topological polar surface area (TPSA) is 12.0 Å². The van der Waals surface area contributed by atoms with E-state index in [-0.39, 0.29) is 0 Å². The number of hydrogen-bond donors (Lipinski definition) is 1. The molecular weight excluding hydrogens is 202 g/mol. The molecule has 15 heavy (non-hydrogen) atoms. The number of rotatable bonds is 1. The van der Waals surface area contributed by atoms with Crippen molar-refractivity contribution in [3.8, 4) is 0 Å². The number of hydrogen-bond acceptors (Lipinski definition) is 2. The molecule has 2 heteroatoms. The zero-order chi connectivity index (χ0) is 10.1. The monoisotopic (exact) mass is 225 g/mol. The summed E-state index contributed by atoms with van der Waals surface area (Å²) in [4.78, 5) is 0. The van der Waals surface area contributed by atoms with Gasteiger partial charge < -0.3 is 5.32 Å². The van der Waals surface area contributed by atoms with Gasteiger partial charge in [-0.15, -0.1) is 11.8 Å². The van der Waals surface area contributed by atoms with Crippen LogP contribution in [0.3, 0.4) is 0 Å². The molecule has 2 aliphatic carbocycles. The summed E-state index contributed by atoms with van der Waals surface area (Å²) in [5, 5.41) is 5.71. The first-order chi connectivity index (χ1) is 7.43. The SMILES string of the molecule is C1CCC(C2NC3CCCCC3S2)CC1. The molecule has 0 spiro atoms. The second-order valence-corrected chi connectivity index (χ2v) is 6.94. The van der Waals surface area contributed by atoms with Crippen molar-refractivity contribution in [1.29, 1.82) is 0 Å². The van der Waals surface area contributed by atoms with Gasteiger partial charge in [0.25, 0.3) is 0 Å². The molecule has 1 heterocycles. The Morgan fingerprint density at radius 1 is 0.800 bits per heavy atom. The third-order valence-electron chi connectivity index (χ3n) is 4.48. The lowest BCUT2D eigenvalue weighted by molar-refractivity contribution is 0.304. The first kappa shape index (κ1) is 10.5. The van der Waals surface area contributed by atoms with Gasteiger partial charge >= 0.3 is 0 Å². The molecule has 2 saturated carbocycles. The molecular formula is C13H23NS. The zero-order valence-electron chi connectivity index (χ0n) is 9.58. The van der Waals surface area contributed by atoms with E-state index in [0.29, 0.717) is 0 Å². The molecule has 1 N–H and O–H groups in total. The second kappa shape index (κ2) is 4.67. The molecule has 3 fully saturated rings. The Morgan fingerprint density at radius 2 is 1.53 bits per heavy atom. The van der Waals surface area contributed by atoms with Crippen LogP contribution in [0.15, 0.2) is 0 Å². The fourth-order valence-corrected chi connectivity index (χ4v) is 5.40. The fraction of sp³-hybridized carbons (Fsp3) is 1.00. The molecule has 3 rings (SSSR count). The number of nitrogens with one attached hydrogen (secondary N) is 1. The van der Waals surface area contributed by atoms with Gasteiger partial charge in [0.1, 0.15) is 0 Å². The molecule has 0 aromatic heterocycles. The Labute approximate surface area is 97.8 Å². The molecule has 86 valence electrons. The van der Waals surface area contributed by atoms with Gasteiger partial charge in [-0.25, -0.2) is 0 Å². The van der Waals surface area contributed by atoms with Crippen molar-refractivity contribution in [2.24, 2.45) is 5.92 Å². The third-order valence-corrected chi connectivity index (χ3v) is 6.21. The fourth-order valence-electron chi connectivity index (χ4n) is 3.57. The lowest BCUT2D eigenvalue weighted by atomic mass is 9.88. The van der Waals surface area contributed by atoms with E-state index in [1.807, 2.05) is 0 Å². The van der Waals surface area contributed by atoms with Crippen molar-refractivity contribution in [2.75, 3.05) is 0 Å². The highest BCUT2D eigenvalue weighted by molar-refractivity contribution is 8.00. The van der Waals surface area contributed by atoms with Crippen LogP contribution in [0.5, 0.6) is 0 Å². The smallest absolute Gasteiger partial charge is 0.0566 e. The molecule has 3 unspecified atom stereocenters. The van der Waals surface area contributed by atoms with Crippen LogP contribution >= 0.6 is 11.8 Å². The van der Waals surface area contributed by atoms with Crippen LogP contribution in [0.2, 0.25) is 0 Å². The Balaban J connectivity index is 1.59. The largest absolute Gasteiger partial charge is 0.301 e. The Hall–Kier alpha value is 0.310. The van der Waals surface area contributed by atoms with Crippen LogP contribution in [0.25, 0.3) is 0 Å². The van der Waals surface area contributed by atoms with Gasteiger partial charge in [0.15, 0.2) is 0 Å². The maximum Gasteiger partial charge on any atom is 0.0566 e. The molecule has 0 aromatic carbocycles. The van der Waals surface area contributed by atoms with E-state index in [2.05, 4.69) is 17.1 Å². The summed E-state index contributed by atoms with van der Waals surface area (Å²) >= 11 is 2.29. The van der Waals surface area contributed by atoms with E-state index in [4.69, 9.17) is 0 Å². The Bertz CT molecular complexity index is 199. The van der Waals surface area contributed by atoms with Crippen LogP contribution in [-0.2, 0) is 0 Å². The van der Waals surface area contributed by atoms with Gasteiger partial charge in [0.05, 0.1) is 5.37 Å². The van der Waals surface area contributed by atoms with Gasteiger partial charge in [-0.3, -0.25) is 0 Å². The number of thioether (sulfide) groups is 1. The van der Waals surface area contributed by atoms with Crippen molar-refractivity contribution in [1.82, 2.24) is 5.32 Å². The molecule has 3 atom stereocenters. The summed E-state index contributed by atoms with van der Waals surface area (Å²) in [7, 11) is 0. The highest BCUT2D eigenvalue weighted by Gasteiger charge is 2.39. The molecule has 3 aliphatic rings. The van der Waals surface area contributed by atoms with Gasteiger partial charge in [0.2, 0.25) is 0 Å². The average Bonchev–Trinajstić information content (AvgIpc) is 2.74. The van der Waals surface area contributed by atoms with Gasteiger partial charge in [-0.05, 0) is 31.6 Å². The minimum absolute atomic E-state index is 0.818. The van der Waals surface area contributed by atoms with Crippen LogP contribution in [-0.4, -0.2) is 16.7 Å². The van der Waals surface area contributed by atoms with Crippen molar-refractivity contribution in [2.45, 2.75) is 74.5 Å². The summed E-state index contributed by atoms with van der Waals surface area (Å²) in [5.74, 6) is 0.995. The molecule has 0 bridgehead atoms. The Morgan fingerprint density at radius 3 is 2.33 bits per heavy atom. The predicted octanol–water partition coefficient (Wildman–Crippen LogP) is 3.54. The predicted molar refractivity (Wildman–Crippen MR) is 67.1 cm³/mol. The highest BCUT2D eigenvalue weighted by atomic mass is 32.2. The van der Waals surface area contributed by atoms with Crippen molar-refractivity contribution in [3.63, 3.8) is 0 Å². The lowest BCUT2D eigenvalue weighted by Crippen LogP contribution is -2.38. The van der Waals surface area contributed by atoms with Crippen molar-refractivity contribution >= 4 is 11.8 Å². The number of fused-ring (bicyclic) bond motifs is 1. The second-order valence-electron chi connectivity index (χ2n) is 5.55. The first-order valence-corrected chi connectivity index (χ1v) is 7.79. The van der Waals surface area contributed by atoms with Crippen LogP contribution in [0, 0.1) is 5.92 Å². The standard InChI is InChI=1S/C13H23NS/c1-2-6-10(7-3-1)13-14-11-8-4-5-9-12(11)15-13/h10-14H,1-9H2. The normalized spacial score (nSPS) is 42.8. The van der Waals surface area contributed by atoms with Crippen LogP contribution in [0.1, 0.15) is 57.8 Å². The summed E-state index contributed by atoms with van der Waals surface area (Å²) < 4.78 is 0. The third kappa shape index (κ3) is 2.21. The van der Waals surface area contributed by atoms with Gasteiger partial charge in [-0.1, -0.05) is 32.1 Å². The van der Waals surface area contributed by atoms with Gasteiger partial charge in [0, 0.05) is 11.3 Å². The molecule has 1 nitrogen and oxygen atoms in total. The average molecular weight is 225 g/mol. The van der Waals surface area contributed by atoms with E-state index in [1.54, 1.807) is 0 Å². The molecule has 1 saturated heterocycles. The molecule has 0 amide bonds. The van der Waals surface area contributed by atoms with Crippen molar-refractivity contribution < 1.29 is 0 Å². The minimum atomic E-state index is 0.818. The quantitative estimate of drug-likeness (QED) is 0.732. The van der Waals surface area contributed by atoms with Crippen molar-refractivity contribution in [3.05, 3.63) is 0 Å². The summed E-state index contributed by atoms with van der Waals surface area (Å²) in [5.41, 5.74) is 0. The maximum absolute atomic E-state index is 3.93.